The third-order valence-corrected chi connectivity index (χ3v) is 4.14. The molecule has 0 amide bonds. The highest BCUT2D eigenvalue weighted by molar-refractivity contribution is 5.13. The summed E-state index contributed by atoms with van der Waals surface area (Å²) in [7, 11) is 2.27. The van der Waals surface area contributed by atoms with Crippen LogP contribution in [-0.2, 0) is 0 Å². The summed E-state index contributed by atoms with van der Waals surface area (Å²) in [6, 6.07) is 0. The summed E-state index contributed by atoms with van der Waals surface area (Å²) >= 11 is 0. The molecule has 2 aliphatic heterocycles. The summed E-state index contributed by atoms with van der Waals surface area (Å²) in [5.41, 5.74) is 0.731. The second-order valence-electron chi connectivity index (χ2n) is 4.69. The number of hydrogen-bond donors (Lipinski definition) is 1. The predicted molar refractivity (Wildman–Crippen MR) is 44.4 cm³/mol. The van der Waals surface area contributed by atoms with Gasteiger partial charge >= 0.3 is 0 Å². The van der Waals surface area contributed by atoms with Gasteiger partial charge in [0.1, 0.15) is 0 Å². The van der Waals surface area contributed by atoms with Crippen LogP contribution in [0.3, 0.4) is 0 Å². The quantitative estimate of drug-likeness (QED) is 0.532. The van der Waals surface area contributed by atoms with Crippen LogP contribution in [-0.4, -0.2) is 38.1 Å². The standard InChI is InChI=1S/C9H16N2/c1-11-4-8-2-7-3-10-5-9(7,8)6-11/h7-8,10H,2-6H2,1H3. The number of nitrogens with one attached hydrogen (secondary N) is 1. The molecule has 11 heavy (non-hydrogen) atoms. The maximum absolute atomic E-state index is 3.54. The molecule has 1 aliphatic carbocycles. The molecule has 2 nitrogen and oxygen atoms in total. The Bertz CT molecular complexity index is 192. The van der Waals surface area contributed by atoms with Gasteiger partial charge in [-0.1, -0.05) is 0 Å². The van der Waals surface area contributed by atoms with Gasteiger partial charge in [0.05, 0.1) is 0 Å². The summed E-state index contributed by atoms with van der Waals surface area (Å²) in [5.74, 6) is 2.06. The van der Waals surface area contributed by atoms with Crippen molar-refractivity contribution in [3.8, 4) is 0 Å². The fraction of sp³-hybridized carbons (Fsp3) is 1.00. The molecule has 0 aromatic rings. The molecule has 3 atom stereocenters. The zero-order chi connectivity index (χ0) is 7.47. The van der Waals surface area contributed by atoms with Crippen LogP contribution in [0.5, 0.6) is 0 Å². The van der Waals surface area contributed by atoms with Crippen molar-refractivity contribution in [2.75, 3.05) is 33.2 Å². The van der Waals surface area contributed by atoms with Gasteiger partial charge < -0.3 is 10.2 Å². The van der Waals surface area contributed by atoms with Crippen LogP contribution >= 0.6 is 0 Å². The van der Waals surface area contributed by atoms with Crippen molar-refractivity contribution in [1.82, 2.24) is 10.2 Å². The monoisotopic (exact) mass is 152 g/mol. The molecule has 62 valence electrons. The molecule has 1 N–H and O–H groups in total. The van der Waals surface area contributed by atoms with Gasteiger partial charge in [-0.15, -0.1) is 0 Å². The molecule has 1 spiro atoms. The lowest BCUT2D eigenvalue weighted by Gasteiger charge is -2.46. The Morgan fingerprint density at radius 1 is 1.45 bits per heavy atom. The summed E-state index contributed by atoms with van der Waals surface area (Å²) in [4.78, 5) is 2.51. The van der Waals surface area contributed by atoms with Crippen LogP contribution < -0.4 is 5.32 Å². The Kier molecular flexibility index (Phi) is 1.06. The summed E-state index contributed by atoms with van der Waals surface area (Å²) in [6.45, 7) is 5.31. The highest BCUT2D eigenvalue weighted by atomic mass is 15.2. The van der Waals surface area contributed by atoms with E-state index in [2.05, 4.69) is 17.3 Å². The second-order valence-corrected chi connectivity index (χ2v) is 4.69. The zero-order valence-corrected chi connectivity index (χ0v) is 7.14. The molecule has 0 aromatic carbocycles. The molecular weight excluding hydrogens is 136 g/mol. The highest BCUT2D eigenvalue weighted by Crippen LogP contribution is 2.57. The number of hydrogen-bond acceptors (Lipinski definition) is 2. The summed E-state index contributed by atoms with van der Waals surface area (Å²) in [6.07, 6.45) is 1.50. The topological polar surface area (TPSA) is 15.3 Å². The van der Waals surface area contributed by atoms with Crippen molar-refractivity contribution in [3.05, 3.63) is 0 Å². The second kappa shape index (κ2) is 1.80. The van der Waals surface area contributed by atoms with E-state index in [0.29, 0.717) is 0 Å². The van der Waals surface area contributed by atoms with E-state index in [1.54, 1.807) is 0 Å². The smallest absolute Gasteiger partial charge is 0.00535 e. The van der Waals surface area contributed by atoms with Crippen molar-refractivity contribution in [1.29, 1.82) is 0 Å². The van der Waals surface area contributed by atoms with Crippen molar-refractivity contribution in [2.24, 2.45) is 17.3 Å². The molecule has 3 rings (SSSR count). The number of likely N-dealkylation sites (tertiary alicyclic amines) is 1. The Morgan fingerprint density at radius 3 is 3.09 bits per heavy atom. The first-order chi connectivity index (χ1) is 5.31. The summed E-state index contributed by atoms with van der Waals surface area (Å²) in [5, 5.41) is 3.54. The van der Waals surface area contributed by atoms with E-state index in [9.17, 15) is 0 Å². The van der Waals surface area contributed by atoms with Gasteiger partial charge in [-0.2, -0.15) is 0 Å². The Morgan fingerprint density at radius 2 is 2.36 bits per heavy atom. The molecule has 2 heteroatoms. The number of rotatable bonds is 0. The van der Waals surface area contributed by atoms with E-state index in [4.69, 9.17) is 0 Å². The van der Waals surface area contributed by atoms with Crippen molar-refractivity contribution in [3.63, 3.8) is 0 Å². The normalized spacial score (nSPS) is 55.4. The van der Waals surface area contributed by atoms with Gasteiger partial charge in [0.2, 0.25) is 0 Å². The molecular formula is C9H16N2. The fourth-order valence-corrected chi connectivity index (χ4v) is 3.55. The van der Waals surface area contributed by atoms with Gasteiger partial charge in [0, 0.05) is 25.0 Å². The maximum atomic E-state index is 3.54. The maximum Gasteiger partial charge on any atom is 0.00535 e. The van der Waals surface area contributed by atoms with Crippen LogP contribution in [0.25, 0.3) is 0 Å². The first kappa shape index (κ1) is 6.44. The van der Waals surface area contributed by atoms with Crippen LogP contribution in [0.4, 0.5) is 0 Å². The Hall–Kier alpha value is -0.0800. The average Bonchev–Trinajstić information content (AvgIpc) is 2.39. The van der Waals surface area contributed by atoms with Gasteiger partial charge in [-0.25, -0.2) is 0 Å². The summed E-state index contributed by atoms with van der Waals surface area (Å²) < 4.78 is 0. The molecule has 2 heterocycles. The lowest BCUT2D eigenvalue weighted by atomic mass is 9.56. The highest BCUT2D eigenvalue weighted by Gasteiger charge is 2.60. The van der Waals surface area contributed by atoms with Crippen LogP contribution in [0.1, 0.15) is 6.42 Å². The molecule has 0 radical (unpaired) electrons. The third-order valence-electron chi connectivity index (χ3n) is 4.14. The Labute approximate surface area is 68.0 Å². The van der Waals surface area contributed by atoms with E-state index < -0.39 is 0 Å². The minimum atomic E-state index is 0.731. The van der Waals surface area contributed by atoms with Crippen molar-refractivity contribution >= 4 is 0 Å². The molecule has 0 bridgehead atoms. The average molecular weight is 152 g/mol. The molecule has 3 fully saturated rings. The molecule has 2 saturated heterocycles. The van der Waals surface area contributed by atoms with Gasteiger partial charge in [0.25, 0.3) is 0 Å². The molecule has 3 aliphatic rings. The van der Waals surface area contributed by atoms with Gasteiger partial charge in [-0.05, 0) is 31.8 Å². The van der Waals surface area contributed by atoms with E-state index in [0.717, 1.165) is 17.3 Å². The fourth-order valence-electron chi connectivity index (χ4n) is 3.55. The zero-order valence-electron chi connectivity index (χ0n) is 7.14. The first-order valence-corrected chi connectivity index (χ1v) is 4.70. The van der Waals surface area contributed by atoms with E-state index >= 15 is 0 Å². The lowest BCUT2D eigenvalue weighted by molar-refractivity contribution is 0.0401. The lowest BCUT2D eigenvalue weighted by Crippen LogP contribution is -2.47. The minimum Gasteiger partial charge on any atom is -0.316 e. The molecule has 3 unspecified atom stereocenters. The van der Waals surface area contributed by atoms with Crippen molar-refractivity contribution in [2.45, 2.75) is 6.42 Å². The van der Waals surface area contributed by atoms with E-state index in [1.807, 2.05) is 0 Å². The molecule has 0 aromatic heterocycles. The SMILES string of the molecule is CN1CC2CC3CNCC32C1. The molecule has 1 saturated carbocycles. The van der Waals surface area contributed by atoms with Crippen molar-refractivity contribution < 1.29 is 0 Å². The minimum absolute atomic E-state index is 0.731. The predicted octanol–water partition coefficient (Wildman–Crippen LogP) is 0.158. The Balaban J connectivity index is 1.90. The third kappa shape index (κ3) is 0.611. The van der Waals surface area contributed by atoms with Crippen LogP contribution in [0.2, 0.25) is 0 Å². The van der Waals surface area contributed by atoms with Crippen LogP contribution in [0.15, 0.2) is 0 Å². The van der Waals surface area contributed by atoms with Crippen LogP contribution in [0, 0.1) is 17.3 Å². The van der Waals surface area contributed by atoms with E-state index in [-0.39, 0.29) is 0 Å². The first-order valence-electron chi connectivity index (χ1n) is 4.70. The van der Waals surface area contributed by atoms with E-state index in [1.165, 1.54) is 32.6 Å². The number of nitrogens with zero attached hydrogens (tertiary/aromatic N) is 1. The largest absolute Gasteiger partial charge is 0.316 e. The van der Waals surface area contributed by atoms with Gasteiger partial charge in [0.15, 0.2) is 0 Å². The van der Waals surface area contributed by atoms with Gasteiger partial charge in [-0.3, -0.25) is 0 Å².